The summed E-state index contributed by atoms with van der Waals surface area (Å²) in [6.45, 7) is 1.81. The van der Waals surface area contributed by atoms with E-state index in [1.807, 2.05) is 7.05 Å². The van der Waals surface area contributed by atoms with E-state index in [2.05, 4.69) is 5.32 Å². The van der Waals surface area contributed by atoms with Crippen LogP contribution < -0.4 is 10.1 Å². The molecule has 1 aromatic rings. The van der Waals surface area contributed by atoms with Gasteiger partial charge in [0.25, 0.3) is 0 Å². The van der Waals surface area contributed by atoms with Crippen molar-refractivity contribution in [2.45, 2.75) is 44.2 Å². The summed E-state index contributed by atoms with van der Waals surface area (Å²) in [6.07, 6.45) is 3.45. The number of rotatable bonds is 4. The van der Waals surface area contributed by atoms with Crippen LogP contribution in [0.25, 0.3) is 0 Å². The number of nitrogens with one attached hydrogen (secondary N) is 1. The van der Waals surface area contributed by atoms with Gasteiger partial charge in [0, 0.05) is 12.0 Å². The first-order valence-corrected chi connectivity index (χ1v) is 6.82. The van der Waals surface area contributed by atoms with Gasteiger partial charge in [0.2, 0.25) is 0 Å². The first-order valence-electron chi connectivity index (χ1n) is 6.82. The SMILES string of the molecule is CNC1(CO)CCCC(Oc2cccc(C)c2F)C1. The molecule has 0 radical (unpaired) electrons. The van der Waals surface area contributed by atoms with E-state index in [1.165, 1.54) is 0 Å². The molecule has 2 N–H and O–H groups in total. The van der Waals surface area contributed by atoms with Crippen molar-refractivity contribution in [3.8, 4) is 5.75 Å². The maximum atomic E-state index is 13.9. The molecule has 1 aliphatic rings. The molecule has 4 heteroatoms. The summed E-state index contributed by atoms with van der Waals surface area (Å²) >= 11 is 0. The van der Waals surface area contributed by atoms with Gasteiger partial charge >= 0.3 is 0 Å². The molecule has 0 spiro atoms. The number of hydrogen-bond acceptors (Lipinski definition) is 3. The van der Waals surface area contributed by atoms with Crippen LogP contribution in [0, 0.1) is 12.7 Å². The van der Waals surface area contributed by atoms with Crippen LogP contribution in [-0.2, 0) is 0 Å². The monoisotopic (exact) mass is 267 g/mol. The maximum absolute atomic E-state index is 13.9. The van der Waals surface area contributed by atoms with Crippen LogP contribution in [-0.4, -0.2) is 30.4 Å². The highest BCUT2D eigenvalue weighted by Gasteiger charge is 2.35. The molecule has 1 aliphatic carbocycles. The van der Waals surface area contributed by atoms with E-state index >= 15 is 0 Å². The number of aliphatic hydroxyl groups is 1. The lowest BCUT2D eigenvalue weighted by Gasteiger charge is -2.39. The minimum atomic E-state index is -0.288. The summed E-state index contributed by atoms with van der Waals surface area (Å²) in [5.41, 5.74) is 0.304. The lowest BCUT2D eigenvalue weighted by molar-refractivity contribution is 0.0534. The van der Waals surface area contributed by atoms with Crippen molar-refractivity contribution in [3.05, 3.63) is 29.6 Å². The van der Waals surface area contributed by atoms with Crippen LogP contribution in [0.15, 0.2) is 18.2 Å². The Morgan fingerprint density at radius 1 is 1.53 bits per heavy atom. The largest absolute Gasteiger partial charge is 0.487 e. The first kappa shape index (κ1) is 14.3. The molecule has 0 heterocycles. The van der Waals surface area contributed by atoms with E-state index in [1.54, 1.807) is 25.1 Å². The normalized spacial score (nSPS) is 27.3. The fourth-order valence-electron chi connectivity index (χ4n) is 2.75. The van der Waals surface area contributed by atoms with E-state index in [9.17, 15) is 9.50 Å². The molecular weight excluding hydrogens is 245 g/mol. The number of hydrogen-bond donors (Lipinski definition) is 2. The number of likely N-dealkylation sites (N-methyl/N-ethyl adjacent to an activating group) is 1. The Balaban J connectivity index is 2.09. The smallest absolute Gasteiger partial charge is 0.167 e. The van der Waals surface area contributed by atoms with Crippen molar-refractivity contribution in [2.75, 3.05) is 13.7 Å². The van der Waals surface area contributed by atoms with Crippen molar-refractivity contribution in [2.24, 2.45) is 0 Å². The highest BCUT2D eigenvalue weighted by atomic mass is 19.1. The van der Waals surface area contributed by atoms with Gasteiger partial charge < -0.3 is 15.2 Å². The molecule has 19 heavy (non-hydrogen) atoms. The fraction of sp³-hybridized carbons (Fsp3) is 0.600. The molecule has 1 fully saturated rings. The molecule has 2 atom stereocenters. The van der Waals surface area contributed by atoms with Gasteiger partial charge in [-0.1, -0.05) is 12.1 Å². The summed E-state index contributed by atoms with van der Waals surface area (Å²) < 4.78 is 19.7. The Labute approximate surface area is 113 Å². The van der Waals surface area contributed by atoms with Crippen molar-refractivity contribution in [1.82, 2.24) is 5.32 Å². The highest BCUT2D eigenvalue weighted by molar-refractivity contribution is 5.30. The second-order valence-electron chi connectivity index (χ2n) is 5.41. The van der Waals surface area contributed by atoms with Crippen LogP contribution in [0.2, 0.25) is 0 Å². The summed E-state index contributed by atoms with van der Waals surface area (Å²) in [4.78, 5) is 0. The molecular formula is C15H22FNO2. The van der Waals surface area contributed by atoms with E-state index in [0.717, 1.165) is 19.3 Å². The van der Waals surface area contributed by atoms with Crippen molar-refractivity contribution >= 4 is 0 Å². The van der Waals surface area contributed by atoms with Crippen LogP contribution in [0.3, 0.4) is 0 Å². The van der Waals surface area contributed by atoms with Crippen LogP contribution in [0.4, 0.5) is 4.39 Å². The predicted molar refractivity (Wildman–Crippen MR) is 72.9 cm³/mol. The van der Waals surface area contributed by atoms with E-state index in [4.69, 9.17) is 4.74 Å². The average Bonchev–Trinajstić information content (AvgIpc) is 2.44. The Hall–Kier alpha value is -1.13. The summed E-state index contributed by atoms with van der Waals surface area (Å²) in [5, 5.41) is 12.7. The lowest BCUT2D eigenvalue weighted by atomic mass is 9.80. The van der Waals surface area contributed by atoms with E-state index < -0.39 is 0 Å². The third-order valence-corrected chi connectivity index (χ3v) is 4.08. The van der Waals surface area contributed by atoms with Gasteiger partial charge in [0.05, 0.1) is 6.61 Å². The van der Waals surface area contributed by atoms with Crippen molar-refractivity contribution in [1.29, 1.82) is 0 Å². The minimum Gasteiger partial charge on any atom is -0.487 e. The van der Waals surface area contributed by atoms with Crippen LogP contribution in [0.1, 0.15) is 31.2 Å². The van der Waals surface area contributed by atoms with Gasteiger partial charge in [-0.05, 0) is 44.9 Å². The van der Waals surface area contributed by atoms with Crippen LogP contribution >= 0.6 is 0 Å². The Morgan fingerprint density at radius 2 is 2.32 bits per heavy atom. The fourth-order valence-corrected chi connectivity index (χ4v) is 2.75. The topological polar surface area (TPSA) is 41.5 Å². The third kappa shape index (κ3) is 3.07. The molecule has 1 saturated carbocycles. The molecule has 0 aromatic heterocycles. The van der Waals surface area contributed by atoms with Gasteiger partial charge in [-0.25, -0.2) is 4.39 Å². The maximum Gasteiger partial charge on any atom is 0.167 e. The zero-order valence-electron chi connectivity index (χ0n) is 11.6. The summed E-state index contributed by atoms with van der Waals surface area (Å²) in [7, 11) is 1.85. The quantitative estimate of drug-likeness (QED) is 0.880. The second kappa shape index (κ2) is 5.88. The molecule has 0 bridgehead atoms. The summed E-state index contributed by atoms with van der Waals surface area (Å²) in [6, 6.07) is 5.19. The third-order valence-electron chi connectivity index (χ3n) is 4.08. The minimum absolute atomic E-state index is 0.0513. The van der Waals surface area contributed by atoms with Gasteiger partial charge in [-0.3, -0.25) is 0 Å². The molecule has 3 nitrogen and oxygen atoms in total. The molecule has 0 saturated heterocycles. The standard InChI is InChI=1S/C15H22FNO2/c1-11-5-3-7-13(14(11)16)19-12-6-4-8-15(9-12,10-18)17-2/h3,5,7,12,17-18H,4,6,8-10H2,1-2H3. The highest BCUT2D eigenvalue weighted by Crippen LogP contribution is 2.31. The van der Waals surface area contributed by atoms with E-state index in [-0.39, 0.29) is 24.1 Å². The number of ether oxygens (including phenoxy) is 1. The van der Waals surface area contributed by atoms with Crippen molar-refractivity contribution in [3.63, 3.8) is 0 Å². The van der Waals surface area contributed by atoms with Gasteiger partial charge in [0.15, 0.2) is 11.6 Å². The zero-order chi connectivity index (χ0) is 13.9. The van der Waals surface area contributed by atoms with E-state index in [0.29, 0.717) is 17.7 Å². The van der Waals surface area contributed by atoms with Crippen LogP contribution in [0.5, 0.6) is 5.75 Å². The first-order chi connectivity index (χ1) is 9.10. The molecule has 2 rings (SSSR count). The number of aryl methyl sites for hydroxylation is 1. The molecule has 106 valence electrons. The van der Waals surface area contributed by atoms with Gasteiger partial charge in [-0.2, -0.15) is 0 Å². The Kier molecular flexibility index (Phi) is 4.42. The molecule has 1 aromatic carbocycles. The number of aliphatic hydroxyl groups excluding tert-OH is 1. The zero-order valence-corrected chi connectivity index (χ0v) is 11.6. The second-order valence-corrected chi connectivity index (χ2v) is 5.41. The summed E-state index contributed by atoms with van der Waals surface area (Å²) in [5.74, 6) is 0.0296. The number of benzene rings is 1. The van der Waals surface area contributed by atoms with Gasteiger partial charge in [-0.15, -0.1) is 0 Å². The molecule has 2 unspecified atom stereocenters. The molecule has 0 aliphatic heterocycles. The van der Waals surface area contributed by atoms with Gasteiger partial charge in [0.1, 0.15) is 6.10 Å². The number of halogens is 1. The predicted octanol–water partition coefficient (Wildman–Crippen LogP) is 2.41. The van der Waals surface area contributed by atoms with Crippen molar-refractivity contribution < 1.29 is 14.2 Å². The lowest BCUT2D eigenvalue weighted by Crippen LogP contribution is -2.52. The Bertz CT molecular complexity index is 432. The average molecular weight is 267 g/mol. The Morgan fingerprint density at radius 3 is 3.00 bits per heavy atom. The molecule has 0 amide bonds.